The Morgan fingerprint density at radius 3 is 2.76 bits per heavy atom. The van der Waals surface area contributed by atoms with Gasteiger partial charge in [0.15, 0.2) is 5.78 Å². The predicted octanol–water partition coefficient (Wildman–Crippen LogP) is 1.75. The second-order valence-electron chi connectivity index (χ2n) is 6.60. The Morgan fingerprint density at radius 2 is 2.03 bits per heavy atom. The number of hydrogen-bond donors (Lipinski definition) is 2. The molecule has 4 rings (SSSR count). The standard InChI is InChI=1S/C21H18N4O4/c1-2-29-21(28)12-7-9-13(10-8-12)25-11-16(26)17(18(25)22)19-23-15-6-4-3-5-14(15)20(27)24-19/h3-10,14,22H,2,11H2,1H3,(H,24,27)/b19-17-,22-18?. The van der Waals surface area contributed by atoms with Crippen molar-refractivity contribution in [1.29, 1.82) is 5.41 Å². The molecule has 1 aromatic rings. The van der Waals surface area contributed by atoms with Gasteiger partial charge in [0, 0.05) is 5.69 Å². The highest BCUT2D eigenvalue weighted by atomic mass is 16.5. The smallest absolute Gasteiger partial charge is 0.338 e. The lowest BCUT2D eigenvalue weighted by Crippen LogP contribution is -2.39. The first-order chi connectivity index (χ1) is 14.0. The fourth-order valence-electron chi connectivity index (χ4n) is 3.36. The van der Waals surface area contributed by atoms with Crippen LogP contribution >= 0.6 is 0 Å². The van der Waals surface area contributed by atoms with E-state index in [0.717, 1.165) is 0 Å². The van der Waals surface area contributed by atoms with Crippen LogP contribution in [-0.2, 0) is 14.3 Å². The van der Waals surface area contributed by atoms with Gasteiger partial charge >= 0.3 is 5.97 Å². The van der Waals surface area contributed by atoms with Crippen molar-refractivity contribution in [2.75, 3.05) is 18.1 Å². The summed E-state index contributed by atoms with van der Waals surface area (Å²) in [7, 11) is 0. The van der Waals surface area contributed by atoms with E-state index >= 15 is 0 Å². The summed E-state index contributed by atoms with van der Waals surface area (Å²) >= 11 is 0. The van der Waals surface area contributed by atoms with Crippen LogP contribution in [0.5, 0.6) is 0 Å². The molecule has 0 spiro atoms. The maximum Gasteiger partial charge on any atom is 0.338 e. The summed E-state index contributed by atoms with van der Waals surface area (Å²) in [6, 6.07) is 6.47. The maximum atomic E-state index is 12.6. The minimum absolute atomic E-state index is 0.0453. The van der Waals surface area contributed by atoms with E-state index in [1.54, 1.807) is 55.5 Å². The number of benzene rings is 1. The molecule has 0 saturated carbocycles. The molecule has 8 heteroatoms. The molecular weight excluding hydrogens is 372 g/mol. The number of amidine groups is 1. The molecule has 0 aromatic heterocycles. The zero-order valence-corrected chi connectivity index (χ0v) is 15.6. The van der Waals surface area contributed by atoms with Gasteiger partial charge in [-0.25, -0.2) is 9.79 Å². The molecule has 2 aliphatic heterocycles. The molecule has 3 aliphatic rings. The minimum Gasteiger partial charge on any atom is -0.462 e. The van der Waals surface area contributed by atoms with Crippen LogP contribution in [0.4, 0.5) is 5.69 Å². The van der Waals surface area contributed by atoms with Crippen molar-refractivity contribution in [3.63, 3.8) is 0 Å². The quantitative estimate of drug-likeness (QED) is 0.603. The van der Waals surface area contributed by atoms with Gasteiger partial charge in [-0.3, -0.25) is 15.0 Å². The average Bonchev–Trinajstić information content (AvgIpc) is 3.02. The van der Waals surface area contributed by atoms with E-state index in [4.69, 9.17) is 10.1 Å². The lowest BCUT2D eigenvalue weighted by atomic mass is 9.95. The lowest BCUT2D eigenvalue weighted by molar-refractivity contribution is -0.121. The van der Waals surface area contributed by atoms with E-state index in [-0.39, 0.29) is 42.1 Å². The van der Waals surface area contributed by atoms with E-state index in [1.807, 2.05) is 0 Å². The van der Waals surface area contributed by atoms with E-state index in [9.17, 15) is 14.4 Å². The summed E-state index contributed by atoms with van der Waals surface area (Å²) in [6.07, 6.45) is 7.00. The van der Waals surface area contributed by atoms with Crippen LogP contribution in [0.15, 0.2) is 65.0 Å². The fraction of sp³-hybridized carbons (Fsp3) is 0.190. The van der Waals surface area contributed by atoms with Crippen LogP contribution in [0, 0.1) is 11.3 Å². The van der Waals surface area contributed by atoms with Gasteiger partial charge in [0.25, 0.3) is 0 Å². The van der Waals surface area contributed by atoms with Gasteiger partial charge in [0.1, 0.15) is 17.2 Å². The second-order valence-corrected chi connectivity index (χ2v) is 6.60. The number of hydrogen-bond acceptors (Lipinski definition) is 6. The van der Waals surface area contributed by atoms with Crippen molar-refractivity contribution in [2.24, 2.45) is 10.9 Å². The lowest BCUT2D eigenvalue weighted by Gasteiger charge is -2.23. The number of ether oxygens (including phenoxy) is 1. The SMILES string of the molecule is CCOC(=O)c1ccc(N2CC(=O)/C(=C3\N=C4C=CC=CC4C(=O)N3)C2=N)cc1. The summed E-state index contributed by atoms with van der Waals surface area (Å²) in [5.41, 5.74) is 1.58. The third kappa shape index (κ3) is 3.29. The zero-order valence-electron chi connectivity index (χ0n) is 15.6. The largest absolute Gasteiger partial charge is 0.462 e. The number of nitrogens with one attached hydrogen (secondary N) is 2. The number of ketones is 1. The van der Waals surface area contributed by atoms with Gasteiger partial charge < -0.3 is 15.0 Å². The van der Waals surface area contributed by atoms with Gasteiger partial charge in [0.05, 0.1) is 30.3 Å². The summed E-state index contributed by atoms with van der Waals surface area (Å²) in [5.74, 6) is -1.45. The molecule has 2 N–H and O–H groups in total. The summed E-state index contributed by atoms with van der Waals surface area (Å²) < 4.78 is 4.96. The van der Waals surface area contributed by atoms with E-state index in [1.165, 1.54) is 4.90 Å². The highest BCUT2D eigenvalue weighted by molar-refractivity contribution is 6.34. The van der Waals surface area contributed by atoms with E-state index < -0.39 is 11.9 Å². The maximum absolute atomic E-state index is 12.6. The van der Waals surface area contributed by atoms with Crippen LogP contribution in [-0.4, -0.2) is 42.4 Å². The van der Waals surface area contributed by atoms with Gasteiger partial charge in [-0.15, -0.1) is 0 Å². The summed E-state index contributed by atoms with van der Waals surface area (Å²) in [4.78, 5) is 42.7. The number of amides is 1. The van der Waals surface area contributed by atoms with E-state index in [2.05, 4.69) is 10.3 Å². The number of allylic oxidation sites excluding steroid dienone is 3. The summed E-state index contributed by atoms with van der Waals surface area (Å²) in [5, 5.41) is 11.1. The molecule has 1 fully saturated rings. The Morgan fingerprint density at radius 1 is 1.28 bits per heavy atom. The molecule has 29 heavy (non-hydrogen) atoms. The van der Waals surface area contributed by atoms with Crippen LogP contribution in [0.2, 0.25) is 0 Å². The number of anilines is 1. The Labute approximate surface area is 166 Å². The van der Waals surface area contributed by atoms with Gasteiger partial charge in [-0.05, 0) is 37.3 Å². The van der Waals surface area contributed by atoms with Crippen LogP contribution in [0.25, 0.3) is 0 Å². The Kier molecular flexibility index (Phi) is 4.67. The minimum atomic E-state index is -0.485. The van der Waals surface area contributed by atoms with Gasteiger partial charge in [-0.2, -0.15) is 0 Å². The molecule has 146 valence electrons. The number of carbonyl (C=O) groups excluding carboxylic acids is 3. The highest BCUT2D eigenvalue weighted by Crippen LogP contribution is 2.27. The van der Waals surface area contributed by atoms with E-state index in [0.29, 0.717) is 17.0 Å². The number of nitrogens with zero attached hydrogens (tertiary/aromatic N) is 2. The van der Waals surface area contributed by atoms with Crippen LogP contribution < -0.4 is 10.2 Å². The monoisotopic (exact) mass is 390 g/mol. The number of rotatable bonds is 3. The number of carbonyl (C=O) groups is 3. The summed E-state index contributed by atoms with van der Waals surface area (Å²) in [6.45, 7) is 1.96. The third-order valence-electron chi connectivity index (χ3n) is 4.78. The van der Waals surface area contributed by atoms with Crippen molar-refractivity contribution in [3.05, 3.63) is 65.5 Å². The number of fused-ring (bicyclic) bond motifs is 1. The molecule has 1 aromatic carbocycles. The average molecular weight is 390 g/mol. The normalized spacial score (nSPS) is 23.1. The topological polar surface area (TPSA) is 112 Å². The van der Waals surface area contributed by atoms with Crippen molar-refractivity contribution in [3.8, 4) is 0 Å². The first kappa shape index (κ1) is 18.5. The predicted molar refractivity (Wildman–Crippen MR) is 107 cm³/mol. The van der Waals surface area contributed by atoms with Crippen LogP contribution in [0.1, 0.15) is 17.3 Å². The fourth-order valence-corrected chi connectivity index (χ4v) is 3.36. The van der Waals surface area contributed by atoms with Crippen molar-refractivity contribution in [1.82, 2.24) is 5.32 Å². The van der Waals surface area contributed by atoms with Crippen molar-refractivity contribution in [2.45, 2.75) is 6.92 Å². The molecule has 0 bridgehead atoms. The van der Waals surface area contributed by atoms with Crippen molar-refractivity contribution < 1.29 is 19.1 Å². The number of aliphatic imine (C=N–C) groups is 1. The molecule has 1 saturated heterocycles. The molecule has 1 unspecified atom stereocenters. The molecule has 1 amide bonds. The number of esters is 1. The molecule has 8 nitrogen and oxygen atoms in total. The second kappa shape index (κ2) is 7.31. The third-order valence-corrected chi connectivity index (χ3v) is 4.78. The van der Waals surface area contributed by atoms with Gasteiger partial charge in [0.2, 0.25) is 5.91 Å². The molecule has 1 atom stereocenters. The molecule has 2 heterocycles. The highest BCUT2D eigenvalue weighted by Gasteiger charge is 2.37. The van der Waals surface area contributed by atoms with Gasteiger partial charge in [-0.1, -0.05) is 18.2 Å². The van der Waals surface area contributed by atoms with Crippen LogP contribution in [0.3, 0.4) is 0 Å². The number of Topliss-reactive ketones (excluding diaryl/α,β-unsaturated/α-hetero) is 1. The first-order valence-electron chi connectivity index (χ1n) is 9.15. The van der Waals surface area contributed by atoms with Crippen molar-refractivity contribution >= 4 is 34.9 Å². The Balaban J connectivity index is 1.64. The molecule has 0 radical (unpaired) electrons. The first-order valence-corrected chi connectivity index (χ1v) is 9.15. The molecule has 1 aliphatic carbocycles. The Hall–Kier alpha value is -3.81. The zero-order chi connectivity index (χ0) is 20.5. The molecular formula is C21H18N4O4. The Bertz CT molecular complexity index is 1050.